The Morgan fingerprint density at radius 3 is 2.90 bits per heavy atom. The molecule has 1 unspecified atom stereocenters. The Hall–Kier alpha value is -1.67. The standard InChI is InChI=1S/C13H19N3O4S/c1-8-11(12(18)19)21-10(15-8)6-14-13(20)16-4-2-9(7-16)3-5-17/h9,17H,2-7H2,1H3,(H,14,20)(H,18,19). The summed E-state index contributed by atoms with van der Waals surface area (Å²) in [5, 5.41) is 21.2. The maximum Gasteiger partial charge on any atom is 0.347 e. The van der Waals surface area contributed by atoms with Crippen LogP contribution in [0, 0.1) is 12.8 Å². The molecule has 2 heterocycles. The van der Waals surface area contributed by atoms with Crippen molar-refractivity contribution in [3.63, 3.8) is 0 Å². The SMILES string of the molecule is Cc1nc(CNC(=O)N2CCC(CCO)C2)sc1C(=O)O. The van der Waals surface area contributed by atoms with E-state index in [4.69, 9.17) is 10.2 Å². The Kier molecular flexibility index (Phi) is 5.13. The second kappa shape index (κ2) is 6.86. The summed E-state index contributed by atoms with van der Waals surface area (Å²) in [7, 11) is 0. The molecule has 0 saturated carbocycles. The summed E-state index contributed by atoms with van der Waals surface area (Å²) in [6, 6.07) is -0.167. The summed E-state index contributed by atoms with van der Waals surface area (Å²) in [4.78, 5) is 29.0. The molecular weight excluding hydrogens is 294 g/mol. The second-order valence-electron chi connectivity index (χ2n) is 5.10. The summed E-state index contributed by atoms with van der Waals surface area (Å²) in [5.74, 6) is -0.629. The van der Waals surface area contributed by atoms with Gasteiger partial charge in [-0.3, -0.25) is 0 Å². The van der Waals surface area contributed by atoms with Crippen LogP contribution in [-0.4, -0.2) is 51.8 Å². The lowest BCUT2D eigenvalue weighted by Crippen LogP contribution is -2.38. The highest BCUT2D eigenvalue weighted by atomic mass is 32.1. The molecular formula is C13H19N3O4S. The number of aliphatic hydroxyl groups excluding tert-OH is 1. The zero-order valence-electron chi connectivity index (χ0n) is 11.8. The average molecular weight is 313 g/mol. The highest BCUT2D eigenvalue weighted by Gasteiger charge is 2.25. The third kappa shape index (κ3) is 3.92. The number of carboxylic acids is 1. The molecule has 1 saturated heterocycles. The van der Waals surface area contributed by atoms with Gasteiger partial charge in [0.2, 0.25) is 0 Å². The van der Waals surface area contributed by atoms with Gasteiger partial charge in [-0.05, 0) is 25.7 Å². The van der Waals surface area contributed by atoms with E-state index in [0.29, 0.717) is 29.7 Å². The van der Waals surface area contributed by atoms with Gasteiger partial charge in [-0.15, -0.1) is 11.3 Å². The van der Waals surface area contributed by atoms with E-state index in [-0.39, 0.29) is 24.1 Å². The van der Waals surface area contributed by atoms with Crippen LogP contribution in [0.15, 0.2) is 0 Å². The summed E-state index contributed by atoms with van der Waals surface area (Å²) < 4.78 is 0. The average Bonchev–Trinajstić information content (AvgIpc) is 3.03. The van der Waals surface area contributed by atoms with Crippen LogP contribution in [0.1, 0.15) is 33.2 Å². The van der Waals surface area contributed by atoms with Gasteiger partial charge in [-0.1, -0.05) is 0 Å². The molecule has 0 radical (unpaired) electrons. The van der Waals surface area contributed by atoms with Crippen molar-refractivity contribution in [3.8, 4) is 0 Å². The number of carbonyl (C=O) groups excluding carboxylic acids is 1. The molecule has 3 N–H and O–H groups in total. The van der Waals surface area contributed by atoms with Gasteiger partial charge < -0.3 is 20.4 Å². The van der Waals surface area contributed by atoms with Crippen LogP contribution in [0.5, 0.6) is 0 Å². The molecule has 2 amide bonds. The third-order valence-corrected chi connectivity index (χ3v) is 4.68. The van der Waals surface area contributed by atoms with Crippen LogP contribution in [-0.2, 0) is 6.54 Å². The zero-order valence-corrected chi connectivity index (χ0v) is 12.7. The lowest BCUT2D eigenvalue weighted by Gasteiger charge is -2.16. The first kappa shape index (κ1) is 15.7. The largest absolute Gasteiger partial charge is 0.477 e. The fraction of sp³-hybridized carbons (Fsp3) is 0.615. The Bertz CT molecular complexity index is 531. The predicted molar refractivity (Wildman–Crippen MR) is 77.4 cm³/mol. The number of aryl methyl sites for hydroxylation is 1. The molecule has 2 rings (SSSR count). The van der Waals surface area contributed by atoms with Gasteiger partial charge in [-0.25, -0.2) is 14.6 Å². The minimum atomic E-state index is -0.992. The van der Waals surface area contributed by atoms with Crippen molar-refractivity contribution >= 4 is 23.3 Å². The fourth-order valence-electron chi connectivity index (χ4n) is 2.42. The number of rotatable bonds is 5. The molecule has 1 aliphatic heterocycles. The monoisotopic (exact) mass is 313 g/mol. The summed E-state index contributed by atoms with van der Waals surface area (Å²) >= 11 is 1.08. The first-order valence-electron chi connectivity index (χ1n) is 6.84. The van der Waals surface area contributed by atoms with Crippen molar-refractivity contribution in [2.75, 3.05) is 19.7 Å². The van der Waals surface area contributed by atoms with Crippen LogP contribution in [0.25, 0.3) is 0 Å². The van der Waals surface area contributed by atoms with E-state index >= 15 is 0 Å². The first-order chi connectivity index (χ1) is 10.0. The number of nitrogens with zero attached hydrogens (tertiary/aromatic N) is 2. The molecule has 1 aliphatic rings. The first-order valence-corrected chi connectivity index (χ1v) is 7.66. The molecule has 116 valence electrons. The Morgan fingerprint density at radius 2 is 2.29 bits per heavy atom. The van der Waals surface area contributed by atoms with Crippen LogP contribution in [0.2, 0.25) is 0 Å². The molecule has 0 spiro atoms. The van der Waals surface area contributed by atoms with Gasteiger partial charge in [-0.2, -0.15) is 0 Å². The van der Waals surface area contributed by atoms with Gasteiger partial charge in [0, 0.05) is 19.7 Å². The molecule has 1 atom stereocenters. The van der Waals surface area contributed by atoms with E-state index in [0.717, 1.165) is 24.2 Å². The van der Waals surface area contributed by atoms with Crippen molar-refractivity contribution in [3.05, 3.63) is 15.6 Å². The smallest absolute Gasteiger partial charge is 0.347 e. The van der Waals surface area contributed by atoms with Crippen LogP contribution in [0.4, 0.5) is 4.79 Å². The number of amides is 2. The molecule has 0 bridgehead atoms. The molecule has 1 aromatic heterocycles. The quantitative estimate of drug-likeness (QED) is 0.754. The van der Waals surface area contributed by atoms with E-state index in [2.05, 4.69) is 10.3 Å². The molecule has 7 nitrogen and oxygen atoms in total. The number of carboxylic acid groups (broad SMARTS) is 1. The number of hydrogen-bond acceptors (Lipinski definition) is 5. The van der Waals surface area contributed by atoms with Gasteiger partial charge >= 0.3 is 12.0 Å². The number of likely N-dealkylation sites (tertiary alicyclic amines) is 1. The summed E-state index contributed by atoms with van der Waals surface area (Å²) in [5.41, 5.74) is 0.473. The van der Waals surface area contributed by atoms with E-state index in [1.54, 1.807) is 11.8 Å². The second-order valence-corrected chi connectivity index (χ2v) is 6.18. The number of hydrogen-bond donors (Lipinski definition) is 3. The Morgan fingerprint density at radius 1 is 1.52 bits per heavy atom. The van der Waals surface area contributed by atoms with Gasteiger partial charge in [0.1, 0.15) is 9.88 Å². The van der Waals surface area contributed by atoms with Crippen molar-refractivity contribution < 1.29 is 19.8 Å². The Balaban J connectivity index is 1.84. The van der Waals surface area contributed by atoms with Gasteiger partial charge in [0.05, 0.1) is 12.2 Å². The summed E-state index contributed by atoms with van der Waals surface area (Å²) in [6.45, 7) is 3.37. The normalized spacial score (nSPS) is 18.0. The minimum Gasteiger partial charge on any atom is -0.477 e. The van der Waals surface area contributed by atoms with Crippen LogP contribution in [0.3, 0.4) is 0 Å². The number of urea groups is 1. The highest BCUT2D eigenvalue weighted by molar-refractivity contribution is 7.13. The van der Waals surface area contributed by atoms with Gasteiger partial charge in [0.15, 0.2) is 0 Å². The van der Waals surface area contributed by atoms with E-state index in [1.807, 2.05) is 0 Å². The highest BCUT2D eigenvalue weighted by Crippen LogP contribution is 2.20. The number of thiazole rings is 1. The van der Waals surface area contributed by atoms with E-state index < -0.39 is 5.97 Å². The molecule has 8 heteroatoms. The van der Waals surface area contributed by atoms with Crippen LogP contribution < -0.4 is 5.32 Å². The van der Waals surface area contributed by atoms with E-state index in [9.17, 15) is 9.59 Å². The maximum atomic E-state index is 12.0. The predicted octanol–water partition coefficient (Wildman–Crippen LogP) is 1.06. The number of aromatic nitrogens is 1. The van der Waals surface area contributed by atoms with Crippen LogP contribution >= 0.6 is 11.3 Å². The number of aromatic carboxylic acids is 1. The van der Waals surface area contributed by atoms with Gasteiger partial charge in [0.25, 0.3) is 0 Å². The van der Waals surface area contributed by atoms with Crippen molar-refractivity contribution in [2.45, 2.75) is 26.3 Å². The number of aliphatic hydroxyl groups is 1. The molecule has 0 aliphatic carbocycles. The molecule has 1 aromatic rings. The molecule has 21 heavy (non-hydrogen) atoms. The van der Waals surface area contributed by atoms with Crippen molar-refractivity contribution in [2.24, 2.45) is 5.92 Å². The van der Waals surface area contributed by atoms with Crippen molar-refractivity contribution in [1.82, 2.24) is 15.2 Å². The van der Waals surface area contributed by atoms with E-state index in [1.165, 1.54) is 0 Å². The molecule has 0 aromatic carbocycles. The fourth-order valence-corrected chi connectivity index (χ4v) is 3.27. The lowest BCUT2D eigenvalue weighted by atomic mass is 10.1. The summed E-state index contributed by atoms with van der Waals surface area (Å²) in [6.07, 6.45) is 1.63. The molecule has 1 fully saturated rings. The maximum absolute atomic E-state index is 12.0. The third-order valence-electron chi connectivity index (χ3n) is 3.54. The zero-order chi connectivity index (χ0) is 15.4. The number of nitrogens with one attached hydrogen (secondary N) is 1. The number of carbonyl (C=O) groups is 2. The van der Waals surface area contributed by atoms with Crippen molar-refractivity contribution in [1.29, 1.82) is 0 Å². The Labute approximate surface area is 126 Å². The lowest BCUT2D eigenvalue weighted by molar-refractivity contribution is 0.0701. The topological polar surface area (TPSA) is 103 Å². The minimum absolute atomic E-state index is 0.149.